The Balaban J connectivity index is 2.56. The molecule has 0 bridgehead atoms. The van der Waals surface area contributed by atoms with Crippen LogP contribution in [0.15, 0.2) is 12.4 Å². The predicted molar refractivity (Wildman–Crippen MR) is 61.0 cm³/mol. The fourth-order valence-electron chi connectivity index (χ4n) is 0.895. The summed E-state index contributed by atoms with van der Waals surface area (Å²) in [6.45, 7) is 2.35. The highest BCUT2D eigenvalue weighted by Crippen LogP contribution is 2.02. The Labute approximate surface area is 95.6 Å². The van der Waals surface area contributed by atoms with Crippen molar-refractivity contribution in [3.63, 3.8) is 0 Å². The molecule has 0 amide bonds. The van der Waals surface area contributed by atoms with Crippen molar-refractivity contribution in [2.45, 2.75) is 12.2 Å². The van der Waals surface area contributed by atoms with E-state index < -0.39 is 16.8 Å². The highest BCUT2D eigenvalue weighted by Gasteiger charge is 2.07. The number of carbonyl (C=O) groups is 1. The van der Waals surface area contributed by atoms with E-state index in [9.17, 15) is 9.00 Å². The Bertz CT molecular complexity index is 393. The van der Waals surface area contributed by atoms with Crippen LogP contribution in [0.1, 0.15) is 17.4 Å². The molecule has 2 atom stereocenters. The summed E-state index contributed by atoms with van der Waals surface area (Å²) in [7, 11) is -0.900. The molecule has 2 N–H and O–H groups in total. The molecule has 1 rings (SSSR count). The number of rotatable bonds is 5. The van der Waals surface area contributed by atoms with E-state index in [-0.39, 0.29) is 10.9 Å². The molecular formula is C9H13N3O3S. The van der Waals surface area contributed by atoms with Crippen molar-refractivity contribution in [2.24, 2.45) is 0 Å². The van der Waals surface area contributed by atoms with Gasteiger partial charge in [-0.2, -0.15) is 0 Å². The maximum absolute atomic E-state index is 11.1. The number of carboxylic acids is 1. The molecule has 2 unspecified atom stereocenters. The molecule has 0 radical (unpaired) electrons. The van der Waals surface area contributed by atoms with Crippen molar-refractivity contribution in [1.82, 2.24) is 9.97 Å². The van der Waals surface area contributed by atoms with Crippen LogP contribution in [-0.4, -0.2) is 43.3 Å². The molecule has 1 aromatic heterocycles. The SMILES string of the molecule is CC(CNc1cnc(C(=O)O)cn1)S(C)=O. The lowest BCUT2D eigenvalue weighted by Crippen LogP contribution is -2.21. The first-order valence-corrected chi connectivity index (χ1v) is 6.24. The molecule has 88 valence electrons. The van der Waals surface area contributed by atoms with Crippen molar-refractivity contribution >= 4 is 22.6 Å². The second kappa shape index (κ2) is 5.55. The number of aromatic carboxylic acids is 1. The largest absolute Gasteiger partial charge is 0.476 e. The summed E-state index contributed by atoms with van der Waals surface area (Å²) in [5.41, 5.74) is -0.0994. The maximum Gasteiger partial charge on any atom is 0.356 e. The summed E-state index contributed by atoms with van der Waals surface area (Å²) in [4.78, 5) is 18.1. The van der Waals surface area contributed by atoms with Crippen molar-refractivity contribution in [2.75, 3.05) is 18.1 Å². The average molecular weight is 243 g/mol. The highest BCUT2D eigenvalue weighted by molar-refractivity contribution is 7.84. The van der Waals surface area contributed by atoms with Crippen molar-refractivity contribution in [3.05, 3.63) is 18.1 Å². The lowest BCUT2D eigenvalue weighted by molar-refractivity contribution is 0.0690. The molecule has 1 aromatic rings. The van der Waals surface area contributed by atoms with Gasteiger partial charge in [0, 0.05) is 28.9 Å². The summed E-state index contributed by atoms with van der Waals surface area (Å²) in [6, 6.07) is 0. The summed E-state index contributed by atoms with van der Waals surface area (Å²) in [5.74, 6) is -0.635. The van der Waals surface area contributed by atoms with Crippen LogP contribution in [0.2, 0.25) is 0 Å². The van der Waals surface area contributed by atoms with E-state index in [0.717, 1.165) is 0 Å². The van der Waals surface area contributed by atoms with Gasteiger partial charge in [-0.25, -0.2) is 14.8 Å². The van der Waals surface area contributed by atoms with Gasteiger partial charge in [-0.3, -0.25) is 4.21 Å². The van der Waals surface area contributed by atoms with E-state index in [2.05, 4.69) is 15.3 Å². The second-order valence-electron chi connectivity index (χ2n) is 3.28. The van der Waals surface area contributed by atoms with Gasteiger partial charge in [0.15, 0.2) is 5.69 Å². The van der Waals surface area contributed by atoms with Crippen LogP contribution in [0.4, 0.5) is 5.82 Å². The van der Waals surface area contributed by atoms with Crippen molar-refractivity contribution in [1.29, 1.82) is 0 Å². The van der Waals surface area contributed by atoms with Gasteiger partial charge in [-0.1, -0.05) is 0 Å². The molecule has 0 aliphatic carbocycles. The maximum atomic E-state index is 11.1. The van der Waals surface area contributed by atoms with Crippen molar-refractivity contribution in [3.8, 4) is 0 Å². The van der Waals surface area contributed by atoms with E-state index in [1.54, 1.807) is 6.26 Å². The van der Waals surface area contributed by atoms with Gasteiger partial charge >= 0.3 is 5.97 Å². The topological polar surface area (TPSA) is 92.2 Å². The van der Waals surface area contributed by atoms with Crippen LogP contribution in [0.25, 0.3) is 0 Å². The Morgan fingerprint density at radius 1 is 1.56 bits per heavy atom. The zero-order valence-corrected chi connectivity index (χ0v) is 9.82. The quantitative estimate of drug-likeness (QED) is 0.775. The Kier molecular flexibility index (Phi) is 4.36. The van der Waals surface area contributed by atoms with Crippen LogP contribution in [-0.2, 0) is 10.8 Å². The molecule has 0 saturated heterocycles. The molecule has 1 heterocycles. The molecule has 7 heteroatoms. The highest BCUT2D eigenvalue weighted by atomic mass is 32.2. The van der Waals surface area contributed by atoms with E-state index in [1.807, 2.05) is 6.92 Å². The predicted octanol–water partition coefficient (Wildman–Crippen LogP) is 0.354. The molecule has 0 aromatic carbocycles. The van der Waals surface area contributed by atoms with Crippen LogP contribution < -0.4 is 5.32 Å². The Morgan fingerprint density at radius 2 is 2.25 bits per heavy atom. The zero-order chi connectivity index (χ0) is 12.1. The van der Waals surface area contributed by atoms with E-state index in [4.69, 9.17) is 5.11 Å². The lowest BCUT2D eigenvalue weighted by atomic mass is 10.4. The minimum Gasteiger partial charge on any atom is -0.476 e. The zero-order valence-electron chi connectivity index (χ0n) is 9.01. The Hall–Kier alpha value is -1.50. The molecule has 0 fully saturated rings. The number of hydrogen-bond donors (Lipinski definition) is 2. The molecule has 16 heavy (non-hydrogen) atoms. The standard InChI is InChI=1S/C9H13N3O3S/c1-6(16(2)15)3-11-8-5-10-7(4-12-8)9(13)14/h4-6H,3H2,1-2H3,(H,11,12)(H,13,14). The van der Waals surface area contributed by atoms with E-state index in [1.165, 1.54) is 12.4 Å². The second-order valence-corrected chi connectivity index (χ2v) is 5.08. The number of anilines is 1. The number of carboxylic acid groups (broad SMARTS) is 1. The first-order chi connectivity index (χ1) is 7.50. The van der Waals surface area contributed by atoms with Gasteiger partial charge in [-0.15, -0.1) is 0 Å². The van der Waals surface area contributed by atoms with Crippen LogP contribution in [0.5, 0.6) is 0 Å². The number of aromatic nitrogens is 2. The van der Waals surface area contributed by atoms with E-state index >= 15 is 0 Å². The van der Waals surface area contributed by atoms with Gasteiger partial charge in [0.05, 0.1) is 12.4 Å². The van der Waals surface area contributed by atoms with Crippen LogP contribution in [0.3, 0.4) is 0 Å². The minimum atomic E-state index is -1.11. The van der Waals surface area contributed by atoms with Crippen LogP contribution >= 0.6 is 0 Å². The summed E-state index contributed by atoms with van der Waals surface area (Å²) in [6.07, 6.45) is 4.15. The first-order valence-electron chi connectivity index (χ1n) is 4.62. The number of hydrogen-bond acceptors (Lipinski definition) is 5. The van der Waals surface area contributed by atoms with Gasteiger partial charge < -0.3 is 10.4 Å². The molecular weight excluding hydrogens is 230 g/mol. The lowest BCUT2D eigenvalue weighted by Gasteiger charge is -2.09. The fourth-order valence-corrected chi connectivity index (χ4v) is 1.21. The van der Waals surface area contributed by atoms with Gasteiger partial charge in [0.1, 0.15) is 5.82 Å². The van der Waals surface area contributed by atoms with Gasteiger partial charge in [0.2, 0.25) is 0 Å². The third-order valence-corrected chi connectivity index (χ3v) is 3.31. The van der Waals surface area contributed by atoms with Crippen molar-refractivity contribution < 1.29 is 14.1 Å². The monoisotopic (exact) mass is 243 g/mol. The number of nitrogens with zero attached hydrogens (tertiary/aromatic N) is 2. The summed E-state index contributed by atoms with van der Waals surface area (Å²) < 4.78 is 11.1. The summed E-state index contributed by atoms with van der Waals surface area (Å²) in [5, 5.41) is 11.5. The normalized spacial score (nSPS) is 14.1. The first kappa shape index (κ1) is 12.6. The third kappa shape index (κ3) is 3.58. The molecule has 0 spiro atoms. The fraction of sp³-hybridized carbons (Fsp3) is 0.444. The minimum absolute atomic E-state index is 0.000880. The molecule has 0 saturated carbocycles. The number of nitrogens with one attached hydrogen (secondary N) is 1. The molecule has 6 nitrogen and oxygen atoms in total. The molecule has 0 aliphatic rings. The average Bonchev–Trinajstić information content (AvgIpc) is 2.26. The Morgan fingerprint density at radius 3 is 2.69 bits per heavy atom. The third-order valence-electron chi connectivity index (χ3n) is 2.01. The smallest absolute Gasteiger partial charge is 0.356 e. The van der Waals surface area contributed by atoms with Crippen LogP contribution in [0, 0.1) is 0 Å². The summed E-state index contributed by atoms with van der Waals surface area (Å²) >= 11 is 0. The van der Waals surface area contributed by atoms with Gasteiger partial charge in [-0.05, 0) is 6.92 Å². The van der Waals surface area contributed by atoms with E-state index in [0.29, 0.717) is 12.4 Å². The molecule has 0 aliphatic heterocycles. The van der Waals surface area contributed by atoms with Gasteiger partial charge in [0.25, 0.3) is 0 Å².